The number of carbonyl (C=O) groups is 1. The van der Waals surface area contributed by atoms with E-state index in [2.05, 4.69) is 12.2 Å². The molecule has 0 unspecified atom stereocenters. The van der Waals surface area contributed by atoms with Crippen LogP contribution in [0.25, 0.3) is 0 Å². The Bertz CT molecular complexity index is 259. The molecular weight excluding hydrogens is 216 g/mol. The Hall–Kier alpha value is -0.770. The van der Waals surface area contributed by atoms with Crippen LogP contribution in [0, 0.1) is 0 Å². The lowest BCUT2D eigenvalue weighted by Crippen LogP contribution is -2.60. The fourth-order valence-corrected chi connectivity index (χ4v) is 2.42. The number of rotatable bonds is 3. The molecule has 0 radical (unpaired) electrons. The van der Waals surface area contributed by atoms with Crippen molar-refractivity contribution in [3.63, 3.8) is 0 Å². The first kappa shape index (κ1) is 14.3. The minimum Gasteiger partial charge on any atom is -0.366 e. The first-order chi connectivity index (χ1) is 7.76. The third kappa shape index (κ3) is 4.54. The zero-order valence-electron chi connectivity index (χ0n) is 11.8. The summed E-state index contributed by atoms with van der Waals surface area (Å²) in [5.74, 6) is 0. The molecule has 0 atom stereocenters. The van der Waals surface area contributed by atoms with Crippen LogP contribution in [0.3, 0.4) is 0 Å². The van der Waals surface area contributed by atoms with Crippen LogP contribution in [0.5, 0.6) is 0 Å². The number of unbranched alkanes of at least 4 members (excludes halogenated alkanes) is 1. The van der Waals surface area contributed by atoms with Crippen LogP contribution in [-0.2, 0) is 4.74 Å². The lowest BCUT2D eigenvalue weighted by atomic mass is 9.99. The highest BCUT2D eigenvalue weighted by atomic mass is 16.5. The van der Waals surface area contributed by atoms with Crippen LogP contribution < -0.4 is 5.32 Å². The zero-order chi connectivity index (χ0) is 13.1. The van der Waals surface area contributed by atoms with E-state index in [1.165, 1.54) is 0 Å². The minimum atomic E-state index is -0.274. The van der Waals surface area contributed by atoms with Crippen molar-refractivity contribution in [3.05, 3.63) is 0 Å². The summed E-state index contributed by atoms with van der Waals surface area (Å²) < 4.78 is 5.95. The largest absolute Gasteiger partial charge is 0.366 e. The second kappa shape index (κ2) is 5.25. The highest BCUT2D eigenvalue weighted by Crippen LogP contribution is 2.27. The molecule has 1 fully saturated rings. The minimum absolute atomic E-state index is 0.0305. The van der Waals surface area contributed by atoms with Crippen molar-refractivity contribution in [2.75, 3.05) is 19.6 Å². The number of amides is 2. The van der Waals surface area contributed by atoms with Crippen molar-refractivity contribution >= 4 is 6.03 Å². The van der Waals surface area contributed by atoms with Gasteiger partial charge in [0, 0.05) is 6.54 Å². The molecule has 1 N–H and O–H groups in total. The van der Waals surface area contributed by atoms with E-state index in [0.717, 1.165) is 19.4 Å². The highest BCUT2D eigenvalue weighted by molar-refractivity contribution is 5.74. The van der Waals surface area contributed by atoms with Gasteiger partial charge in [0.15, 0.2) is 0 Å². The van der Waals surface area contributed by atoms with Crippen molar-refractivity contribution in [2.24, 2.45) is 0 Å². The molecule has 1 aliphatic rings. The number of nitrogens with zero attached hydrogens (tertiary/aromatic N) is 1. The molecule has 0 aromatic carbocycles. The van der Waals surface area contributed by atoms with Gasteiger partial charge in [0.25, 0.3) is 0 Å². The summed E-state index contributed by atoms with van der Waals surface area (Å²) in [5.41, 5.74) is -0.548. The lowest BCUT2D eigenvalue weighted by molar-refractivity contribution is -0.170. The number of carbonyl (C=O) groups excluding carboxylic acids is 1. The van der Waals surface area contributed by atoms with Crippen LogP contribution in [-0.4, -0.2) is 41.8 Å². The van der Waals surface area contributed by atoms with E-state index < -0.39 is 0 Å². The molecule has 4 heteroatoms. The maximum atomic E-state index is 12.0. The predicted molar refractivity (Wildman–Crippen MR) is 69.1 cm³/mol. The SMILES string of the molecule is CCCCNC(=O)N1CC(C)(C)OC(C)(C)C1. The second-order valence-corrected chi connectivity index (χ2v) is 6.06. The Morgan fingerprint density at radius 2 is 1.76 bits per heavy atom. The summed E-state index contributed by atoms with van der Waals surface area (Å²) >= 11 is 0. The fraction of sp³-hybridized carbons (Fsp3) is 0.923. The van der Waals surface area contributed by atoms with Crippen LogP contribution in [0.2, 0.25) is 0 Å². The summed E-state index contributed by atoms with van der Waals surface area (Å²) in [7, 11) is 0. The van der Waals surface area contributed by atoms with Gasteiger partial charge in [-0.1, -0.05) is 13.3 Å². The van der Waals surface area contributed by atoms with Gasteiger partial charge in [0.2, 0.25) is 0 Å². The Morgan fingerprint density at radius 1 is 1.24 bits per heavy atom. The molecule has 0 spiro atoms. The molecular formula is C13H26N2O2. The second-order valence-electron chi connectivity index (χ2n) is 6.06. The van der Waals surface area contributed by atoms with Crippen molar-refractivity contribution in [2.45, 2.75) is 58.7 Å². The molecule has 0 aromatic heterocycles. The summed E-state index contributed by atoms with van der Waals surface area (Å²) in [6, 6.07) is 0.0305. The molecule has 0 aliphatic carbocycles. The fourth-order valence-electron chi connectivity index (χ4n) is 2.42. The van der Waals surface area contributed by atoms with Gasteiger partial charge >= 0.3 is 6.03 Å². The Balaban J connectivity index is 2.55. The maximum absolute atomic E-state index is 12.0. The molecule has 17 heavy (non-hydrogen) atoms. The maximum Gasteiger partial charge on any atom is 0.317 e. The monoisotopic (exact) mass is 242 g/mol. The van der Waals surface area contributed by atoms with Gasteiger partial charge in [-0.2, -0.15) is 0 Å². The lowest BCUT2D eigenvalue weighted by Gasteiger charge is -2.47. The van der Waals surface area contributed by atoms with Crippen molar-refractivity contribution in [3.8, 4) is 0 Å². The molecule has 1 heterocycles. The molecule has 0 saturated carbocycles. The number of hydrogen-bond acceptors (Lipinski definition) is 2. The Labute approximate surface area is 105 Å². The number of morpholine rings is 1. The average Bonchev–Trinajstić information content (AvgIpc) is 2.13. The number of urea groups is 1. The van der Waals surface area contributed by atoms with Crippen LogP contribution in [0.1, 0.15) is 47.5 Å². The van der Waals surface area contributed by atoms with E-state index in [0.29, 0.717) is 13.1 Å². The van der Waals surface area contributed by atoms with Gasteiger partial charge in [-0.05, 0) is 34.1 Å². The van der Waals surface area contributed by atoms with Crippen LogP contribution in [0.4, 0.5) is 4.79 Å². The average molecular weight is 242 g/mol. The highest BCUT2D eigenvalue weighted by Gasteiger charge is 2.39. The van der Waals surface area contributed by atoms with Crippen molar-refractivity contribution < 1.29 is 9.53 Å². The van der Waals surface area contributed by atoms with Crippen molar-refractivity contribution in [1.82, 2.24) is 10.2 Å². The third-order valence-corrected chi connectivity index (χ3v) is 2.79. The first-order valence-electron chi connectivity index (χ1n) is 6.49. The van der Waals surface area contributed by atoms with E-state index in [1.807, 2.05) is 32.6 Å². The Kier molecular flexibility index (Phi) is 4.42. The molecule has 100 valence electrons. The van der Waals surface area contributed by atoms with E-state index >= 15 is 0 Å². The molecule has 2 amide bonds. The van der Waals surface area contributed by atoms with Gasteiger partial charge in [-0.25, -0.2) is 4.79 Å². The molecule has 4 nitrogen and oxygen atoms in total. The van der Waals surface area contributed by atoms with Gasteiger partial charge in [0.1, 0.15) is 0 Å². The van der Waals surface area contributed by atoms with Gasteiger partial charge in [0.05, 0.1) is 24.3 Å². The van der Waals surface area contributed by atoms with E-state index in [-0.39, 0.29) is 17.2 Å². The molecule has 1 saturated heterocycles. The molecule has 1 aliphatic heterocycles. The normalized spacial score (nSPS) is 22.3. The van der Waals surface area contributed by atoms with Crippen LogP contribution in [0.15, 0.2) is 0 Å². The summed E-state index contributed by atoms with van der Waals surface area (Å²) in [6.45, 7) is 12.3. The van der Waals surface area contributed by atoms with E-state index in [4.69, 9.17) is 4.74 Å². The third-order valence-electron chi connectivity index (χ3n) is 2.79. The van der Waals surface area contributed by atoms with Crippen molar-refractivity contribution in [1.29, 1.82) is 0 Å². The number of ether oxygens (including phenoxy) is 1. The summed E-state index contributed by atoms with van der Waals surface area (Å²) in [4.78, 5) is 13.9. The number of hydrogen-bond donors (Lipinski definition) is 1. The quantitative estimate of drug-likeness (QED) is 0.772. The van der Waals surface area contributed by atoms with Gasteiger partial charge in [-0.3, -0.25) is 0 Å². The first-order valence-corrected chi connectivity index (χ1v) is 6.49. The molecule has 0 bridgehead atoms. The predicted octanol–water partition coefficient (Wildman–Crippen LogP) is 2.39. The molecule has 0 aromatic rings. The van der Waals surface area contributed by atoms with E-state index in [1.54, 1.807) is 0 Å². The summed E-state index contributed by atoms with van der Waals surface area (Å²) in [5, 5.41) is 2.96. The van der Waals surface area contributed by atoms with Gasteiger partial charge < -0.3 is 15.0 Å². The zero-order valence-corrected chi connectivity index (χ0v) is 11.8. The van der Waals surface area contributed by atoms with Gasteiger partial charge in [-0.15, -0.1) is 0 Å². The smallest absolute Gasteiger partial charge is 0.317 e. The van der Waals surface area contributed by atoms with E-state index in [9.17, 15) is 4.79 Å². The summed E-state index contributed by atoms with van der Waals surface area (Å²) in [6.07, 6.45) is 2.13. The standard InChI is InChI=1S/C13H26N2O2/c1-6-7-8-14-11(16)15-9-12(2,3)17-13(4,5)10-15/h6-10H2,1-5H3,(H,14,16). The topological polar surface area (TPSA) is 41.6 Å². The number of nitrogens with one attached hydrogen (secondary N) is 1. The Morgan fingerprint density at radius 3 is 2.24 bits per heavy atom. The van der Waals surface area contributed by atoms with Crippen LogP contribution >= 0.6 is 0 Å². The molecule has 1 rings (SSSR count).